The zero-order valence-electron chi connectivity index (χ0n) is 13.9. The van der Waals surface area contributed by atoms with Crippen molar-refractivity contribution in [1.82, 2.24) is 15.0 Å². The molecule has 3 heterocycles. The third-order valence-electron chi connectivity index (χ3n) is 4.10. The van der Waals surface area contributed by atoms with Crippen molar-refractivity contribution < 1.29 is 12.8 Å². The van der Waals surface area contributed by atoms with Crippen LogP contribution < -0.4 is 5.14 Å². The van der Waals surface area contributed by atoms with Gasteiger partial charge >= 0.3 is 0 Å². The number of rotatable bonds is 3. The second-order valence-electron chi connectivity index (χ2n) is 5.85. The number of aromatic nitrogens is 3. The van der Waals surface area contributed by atoms with Crippen LogP contribution >= 0.6 is 0 Å². The Balaban J connectivity index is 1.93. The van der Waals surface area contributed by atoms with Crippen molar-refractivity contribution in [3.05, 3.63) is 72.9 Å². The smallest absolute Gasteiger partial charge is 0.238 e. The number of nitrogens with zero attached hydrogens (tertiary/aromatic N) is 3. The molecule has 4 rings (SSSR count). The highest BCUT2D eigenvalue weighted by molar-refractivity contribution is 7.89. The maximum absolute atomic E-state index is 14.2. The van der Waals surface area contributed by atoms with Gasteiger partial charge in [-0.3, -0.25) is 9.97 Å². The van der Waals surface area contributed by atoms with Gasteiger partial charge in [-0.1, -0.05) is 12.1 Å². The van der Waals surface area contributed by atoms with Gasteiger partial charge in [-0.15, -0.1) is 0 Å². The molecule has 0 aliphatic heterocycles. The van der Waals surface area contributed by atoms with Crippen molar-refractivity contribution in [1.29, 1.82) is 0 Å². The molecule has 0 unspecified atom stereocenters. The van der Waals surface area contributed by atoms with Crippen LogP contribution in [0.25, 0.3) is 33.4 Å². The van der Waals surface area contributed by atoms with Gasteiger partial charge in [-0.05, 0) is 36.4 Å². The van der Waals surface area contributed by atoms with Crippen LogP contribution in [0, 0.1) is 5.82 Å². The van der Waals surface area contributed by atoms with E-state index >= 15 is 0 Å². The minimum atomic E-state index is -3.83. The van der Waals surface area contributed by atoms with Crippen LogP contribution in [0.4, 0.5) is 4.39 Å². The van der Waals surface area contributed by atoms with Crippen LogP contribution in [-0.4, -0.2) is 23.4 Å². The van der Waals surface area contributed by atoms with E-state index in [1.165, 1.54) is 18.3 Å². The highest BCUT2D eigenvalue weighted by Gasteiger charge is 2.13. The molecule has 0 saturated heterocycles. The Bertz CT molecular complexity index is 1280. The average molecular weight is 380 g/mol. The van der Waals surface area contributed by atoms with Gasteiger partial charge in [-0.25, -0.2) is 22.9 Å². The molecular weight excluding hydrogens is 367 g/mol. The quantitative estimate of drug-likeness (QED) is 0.589. The summed E-state index contributed by atoms with van der Waals surface area (Å²) in [7, 11) is -3.83. The van der Waals surface area contributed by atoms with Crippen molar-refractivity contribution in [2.24, 2.45) is 5.14 Å². The van der Waals surface area contributed by atoms with E-state index in [2.05, 4.69) is 15.0 Å². The summed E-state index contributed by atoms with van der Waals surface area (Å²) in [4.78, 5) is 12.6. The molecule has 0 spiro atoms. The number of pyridine rings is 3. The Morgan fingerprint density at radius 1 is 0.963 bits per heavy atom. The molecule has 0 fully saturated rings. The minimum absolute atomic E-state index is 0.00603. The largest absolute Gasteiger partial charge is 0.262 e. The lowest BCUT2D eigenvalue weighted by Crippen LogP contribution is -2.11. The third kappa shape index (κ3) is 3.27. The Morgan fingerprint density at radius 2 is 1.78 bits per heavy atom. The van der Waals surface area contributed by atoms with E-state index in [0.29, 0.717) is 33.4 Å². The maximum Gasteiger partial charge on any atom is 0.238 e. The molecule has 0 bridgehead atoms. The number of hydrogen-bond acceptors (Lipinski definition) is 5. The summed E-state index contributed by atoms with van der Waals surface area (Å²) in [6.07, 6.45) is 4.23. The monoisotopic (exact) mass is 380 g/mol. The molecule has 134 valence electrons. The summed E-state index contributed by atoms with van der Waals surface area (Å²) < 4.78 is 37.4. The van der Waals surface area contributed by atoms with E-state index in [1.54, 1.807) is 42.6 Å². The Morgan fingerprint density at radius 3 is 2.56 bits per heavy atom. The lowest BCUT2D eigenvalue weighted by atomic mass is 10.0. The highest BCUT2D eigenvalue weighted by atomic mass is 32.2. The molecule has 27 heavy (non-hydrogen) atoms. The fourth-order valence-electron chi connectivity index (χ4n) is 2.83. The molecule has 0 radical (unpaired) electrons. The number of nitrogens with two attached hydrogens (primary N) is 1. The topological polar surface area (TPSA) is 98.8 Å². The van der Waals surface area contributed by atoms with Crippen molar-refractivity contribution in [3.63, 3.8) is 0 Å². The number of sulfonamides is 1. The standard InChI is InChI=1S/C19H13FN4O2S/c20-16-11-22-8-6-14(16)15-7-9-23-18-5-4-17(24-19(15)18)12-2-1-3-13(10-12)27(21,25)26/h1-11H,(H2,21,25,26). The summed E-state index contributed by atoms with van der Waals surface area (Å²) in [5.74, 6) is -0.464. The molecule has 6 nitrogen and oxygen atoms in total. The molecule has 0 amide bonds. The summed E-state index contributed by atoms with van der Waals surface area (Å²) in [6, 6.07) is 12.9. The van der Waals surface area contributed by atoms with Crippen molar-refractivity contribution >= 4 is 21.1 Å². The van der Waals surface area contributed by atoms with Gasteiger partial charge in [0.05, 0.1) is 27.8 Å². The van der Waals surface area contributed by atoms with Gasteiger partial charge < -0.3 is 0 Å². The number of hydrogen-bond donors (Lipinski definition) is 1. The average Bonchev–Trinajstić information content (AvgIpc) is 2.67. The number of halogens is 1. The van der Waals surface area contributed by atoms with Gasteiger partial charge in [0.15, 0.2) is 0 Å². The van der Waals surface area contributed by atoms with E-state index in [9.17, 15) is 12.8 Å². The minimum Gasteiger partial charge on any atom is -0.262 e. The molecule has 3 aromatic heterocycles. The Labute approximate surface area is 154 Å². The second-order valence-corrected chi connectivity index (χ2v) is 7.41. The summed E-state index contributed by atoms with van der Waals surface area (Å²) in [5, 5.41) is 5.21. The molecule has 0 aliphatic rings. The fraction of sp³-hybridized carbons (Fsp3) is 0. The molecule has 1 aromatic carbocycles. The molecule has 4 aromatic rings. The van der Waals surface area contributed by atoms with Crippen molar-refractivity contribution in [2.45, 2.75) is 4.90 Å². The van der Waals surface area contributed by atoms with Crippen molar-refractivity contribution in [2.75, 3.05) is 0 Å². The van der Waals surface area contributed by atoms with Crippen LogP contribution in [-0.2, 0) is 10.0 Å². The zero-order valence-corrected chi connectivity index (χ0v) is 14.7. The summed E-state index contributed by atoms with van der Waals surface area (Å²) >= 11 is 0. The lowest BCUT2D eigenvalue weighted by Gasteiger charge is -2.09. The normalized spacial score (nSPS) is 11.6. The Kier molecular flexibility index (Phi) is 4.14. The van der Waals surface area contributed by atoms with Crippen LogP contribution in [0.15, 0.2) is 72.0 Å². The molecule has 8 heteroatoms. The van der Waals surface area contributed by atoms with Gasteiger partial charge in [0.25, 0.3) is 0 Å². The van der Waals surface area contributed by atoms with E-state index in [1.807, 2.05) is 0 Å². The first kappa shape index (κ1) is 17.2. The van der Waals surface area contributed by atoms with Gasteiger partial charge in [0, 0.05) is 29.1 Å². The molecule has 2 N–H and O–H groups in total. The molecule has 0 saturated carbocycles. The predicted molar refractivity (Wildman–Crippen MR) is 99.5 cm³/mol. The van der Waals surface area contributed by atoms with Gasteiger partial charge in [0.2, 0.25) is 10.0 Å². The Hall–Kier alpha value is -3.23. The zero-order chi connectivity index (χ0) is 19.0. The SMILES string of the molecule is NS(=O)(=O)c1cccc(-c2ccc3nccc(-c4ccncc4F)c3n2)c1. The maximum atomic E-state index is 14.2. The number of primary sulfonamides is 1. The van der Waals surface area contributed by atoms with E-state index in [-0.39, 0.29) is 4.90 Å². The summed E-state index contributed by atoms with van der Waals surface area (Å²) in [6.45, 7) is 0. The summed E-state index contributed by atoms with van der Waals surface area (Å²) in [5.41, 5.74) is 3.13. The van der Waals surface area contributed by atoms with Gasteiger partial charge in [0.1, 0.15) is 5.82 Å². The van der Waals surface area contributed by atoms with Crippen LogP contribution in [0.3, 0.4) is 0 Å². The van der Waals surface area contributed by atoms with E-state index in [0.717, 1.165) is 6.20 Å². The molecule has 0 aliphatic carbocycles. The predicted octanol–water partition coefficient (Wildman–Crippen LogP) is 3.15. The fourth-order valence-corrected chi connectivity index (χ4v) is 3.39. The molecule has 0 atom stereocenters. The number of benzene rings is 1. The highest BCUT2D eigenvalue weighted by Crippen LogP contribution is 2.30. The van der Waals surface area contributed by atoms with Crippen LogP contribution in [0.5, 0.6) is 0 Å². The lowest BCUT2D eigenvalue weighted by molar-refractivity contribution is 0.598. The number of fused-ring (bicyclic) bond motifs is 1. The van der Waals surface area contributed by atoms with Crippen LogP contribution in [0.1, 0.15) is 0 Å². The van der Waals surface area contributed by atoms with Crippen molar-refractivity contribution in [3.8, 4) is 22.4 Å². The first-order chi connectivity index (χ1) is 12.9. The van der Waals surface area contributed by atoms with E-state index in [4.69, 9.17) is 5.14 Å². The third-order valence-corrected chi connectivity index (χ3v) is 5.02. The van der Waals surface area contributed by atoms with E-state index < -0.39 is 15.8 Å². The first-order valence-electron chi connectivity index (χ1n) is 7.92. The molecular formula is C19H13FN4O2S. The first-order valence-corrected chi connectivity index (χ1v) is 9.47. The van der Waals surface area contributed by atoms with Gasteiger partial charge in [-0.2, -0.15) is 0 Å². The van der Waals surface area contributed by atoms with Crippen LogP contribution in [0.2, 0.25) is 0 Å². The second kappa shape index (κ2) is 6.49.